The molecular weight excluding hydrogens is 334 g/mol. The number of benzene rings is 2. The number of piperazine rings is 1. The van der Waals surface area contributed by atoms with Gasteiger partial charge in [0, 0.05) is 19.6 Å². The maximum absolute atomic E-state index is 14.1. The second-order valence-corrected chi connectivity index (χ2v) is 7.68. The van der Waals surface area contributed by atoms with Gasteiger partial charge in [0.05, 0.1) is 6.04 Å². The number of likely N-dealkylation sites (N-methyl/N-ethyl adjacent to an activating group) is 1. The van der Waals surface area contributed by atoms with Crippen LogP contribution in [0.2, 0.25) is 0 Å². The number of halogens is 2. The average Bonchev–Trinajstić information content (AvgIpc) is 2.55. The first-order chi connectivity index (χ1) is 11.4. The molecular formula is C17H18F2N2O2S. The third-order valence-electron chi connectivity index (χ3n) is 4.20. The molecule has 2 aromatic carbocycles. The number of hydrogen-bond donors (Lipinski definition) is 0. The molecule has 1 saturated heterocycles. The number of sulfonamides is 1. The Morgan fingerprint density at radius 1 is 0.958 bits per heavy atom. The van der Waals surface area contributed by atoms with Crippen molar-refractivity contribution in [1.82, 2.24) is 9.21 Å². The summed E-state index contributed by atoms with van der Waals surface area (Å²) in [5.41, 5.74) is 0.796. The van der Waals surface area contributed by atoms with E-state index in [1.54, 1.807) is 0 Å². The summed E-state index contributed by atoms with van der Waals surface area (Å²) in [6.45, 7) is 1.13. The fourth-order valence-electron chi connectivity index (χ4n) is 2.98. The lowest BCUT2D eigenvalue weighted by molar-refractivity contribution is 0.160. The first-order valence-corrected chi connectivity index (χ1v) is 9.04. The minimum atomic E-state index is -4.29. The van der Waals surface area contributed by atoms with Crippen LogP contribution >= 0.6 is 0 Å². The Bertz CT molecular complexity index is 807. The van der Waals surface area contributed by atoms with Crippen LogP contribution in [0, 0.1) is 11.6 Å². The summed E-state index contributed by atoms with van der Waals surface area (Å²) in [6, 6.07) is 11.7. The Kier molecular flexibility index (Phi) is 4.67. The van der Waals surface area contributed by atoms with Crippen molar-refractivity contribution in [3.8, 4) is 0 Å². The third kappa shape index (κ3) is 3.07. The summed E-state index contributed by atoms with van der Waals surface area (Å²) in [7, 11) is -2.40. The maximum atomic E-state index is 14.1. The van der Waals surface area contributed by atoms with E-state index in [9.17, 15) is 17.2 Å². The van der Waals surface area contributed by atoms with Crippen molar-refractivity contribution in [2.24, 2.45) is 0 Å². The highest BCUT2D eigenvalue weighted by Crippen LogP contribution is 2.32. The molecule has 0 amide bonds. The Hall–Kier alpha value is -1.83. The third-order valence-corrected chi connectivity index (χ3v) is 6.16. The molecule has 0 unspecified atom stereocenters. The summed E-state index contributed by atoms with van der Waals surface area (Å²) in [4.78, 5) is 1.12. The van der Waals surface area contributed by atoms with E-state index >= 15 is 0 Å². The van der Waals surface area contributed by atoms with Gasteiger partial charge < -0.3 is 4.90 Å². The van der Waals surface area contributed by atoms with E-state index in [-0.39, 0.29) is 6.54 Å². The fraction of sp³-hybridized carbons (Fsp3) is 0.294. The maximum Gasteiger partial charge on any atom is 0.249 e. The van der Waals surface area contributed by atoms with Crippen molar-refractivity contribution in [3.05, 3.63) is 65.7 Å². The van der Waals surface area contributed by atoms with Gasteiger partial charge in [-0.3, -0.25) is 0 Å². The van der Waals surface area contributed by atoms with Gasteiger partial charge in [-0.1, -0.05) is 36.4 Å². The lowest BCUT2D eigenvalue weighted by Crippen LogP contribution is -2.49. The van der Waals surface area contributed by atoms with Crippen molar-refractivity contribution in [2.75, 3.05) is 26.7 Å². The summed E-state index contributed by atoms with van der Waals surface area (Å²) in [5, 5.41) is 0. The van der Waals surface area contributed by atoms with Crippen LogP contribution in [-0.2, 0) is 10.0 Å². The Morgan fingerprint density at radius 2 is 1.58 bits per heavy atom. The van der Waals surface area contributed by atoms with Gasteiger partial charge in [0.2, 0.25) is 10.0 Å². The Balaban J connectivity index is 2.08. The molecule has 1 heterocycles. The predicted octanol–water partition coefficient (Wildman–Crippen LogP) is 2.64. The highest BCUT2D eigenvalue weighted by Gasteiger charge is 2.38. The zero-order chi connectivity index (χ0) is 17.3. The van der Waals surface area contributed by atoms with Gasteiger partial charge in [-0.15, -0.1) is 0 Å². The minimum absolute atomic E-state index is 0.173. The Morgan fingerprint density at radius 3 is 2.21 bits per heavy atom. The largest absolute Gasteiger partial charge is 0.303 e. The van der Waals surface area contributed by atoms with Gasteiger partial charge in [0.1, 0.15) is 11.6 Å². The molecule has 0 N–H and O–H groups in total. The lowest BCUT2D eigenvalue weighted by atomic mass is 10.1. The Labute approximate surface area is 140 Å². The van der Waals surface area contributed by atoms with Gasteiger partial charge >= 0.3 is 0 Å². The summed E-state index contributed by atoms with van der Waals surface area (Å²) >= 11 is 0. The molecule has 0 saturated carbocycles. The monoisotopic (exact) mass is 352 g/mol. The fourth-order valence-corrected chi connectivity index (χ4v) is 4.69. The molecule has 0 aromatic heterocycles. The van der Waals surface area contributed by atoms with E-state index in [4.69, 9.17) is 0 Å². The van der Waals surface area contributed by atoms with Crippen LogP contribution in [-0.4, -0.2) is 44.3 Å². The molecule has 0 radical (unpaired) electrons. The van der Waals surface area contributed by atoms with Gasteiger partial charge in [0.15, 0.2) is 4.90 Å². The van der Waals surface area contributed by atoms with Crippen LogP contribution in [0.3, 0.4) is 0 Å². The van der Waals surface area contributed by atoms with E-state index in [0.29, 0.717) is 13.1 Å². The zero-order valence-electron chi connectivity index (χ0n) is 13.2. The molecule has 7 heteroatoms. The molecule has 3 rings (SSSR count). The van der Waals surface area contributed by atoms with Crippen LogP contribution in [0.1, 0.15) is 11.6 Å². The molecule has 0 bridgehead atoms. The van der Waals surface area contributed by atoms with Crippen molar-refractivity contribution in [1.29, 1.82) is 0 Å². The summed E-state index contributed by atoms with van der Waals surface area (Å²) in [6.07, 6.45) is 0. The molecule has 1 atom stereocenters. The molecule has 1 fully saturated rings. The summed E-state index contributed by atoms with van der Waals surface area (Å²) < 4.78 is 55.2. The second-order valence-electron chi connectivity index (χ2n) is 5.86. The SMILES string of the molecule is CN1CCN(S(=O)(=O)c2c(F)cccc2F)[C@@H](c2ccccc2)C1. The first kappa shape index (κ1) is 17.0. The van der Waals surface area contributed by atoms with E-state index in [1.807, 2.05) is 42.3 Å². The van der Waals surface area contributed by atoms with Crippen LogP contribution in [0.5, 0.6) is 0 Å². The van der Waals surface area contributed by atoms with Crippen LogP contribution in [0.25, 0.3) is 0 Å². The van der Waals surface area contributed by atoms with Crippen molar-refractivity contribution in [2.45, 2.75) is 10.9 Å². The van der Waals surface area contributed by atoms with Gasteiger partial charge in [0.25, 0.3) is 0 Å². The topological polar surface area (TPSA) is 40.6 Å². The lowest BCUT2D eigenvalue weighted by Gasteiger charge is -2.39. The van der Waals surface area contributed by atoms with Crippen molar-refractivity contribution >= 4 is 10.0 Å². The van der Waals surface area contributed by atoms with Gasteiger partial charge in [-0.05, 0) is 24.7 Å². The quantitative estimate of drug-likeness (QED) is 0.853. The van der Waals surface area contributed by atoms with E-state index in [2.05, 4.69) is 0 Å². The normalized spacial score (nSPS) is 20.2. The van der Waals surface area contributed by atoms with Crippen molar-refractivity contribution in [3.63, 3.8) is 0 Å². The first-order valence-electron chi connectivity index (χ1n) is 7.60. The van der Waals surface area contributed by atoms with E-state index < -0.39 is 32.6 Å². The molecule has 24 heavy (non-hydrogen) atoms. The molecule has 4 nitrogen and oxygen atoms in total. The average molecular weight is 352 g/mol. The molecule has 0 aliphatic carbocycles. The van der Waals surface area contributed by atoms with E-state index in [1.165, 1.54) is 4.31 Å². The zero-order valence-corrected chi connectivity index (χ0v) is 14.0. The highest BCUT2D eigenvalue weighted by molar-refractivity contribution is 7.89. The summed E-state index contributed by atoms with van der Waals surface area (Å²) in [5.74, 6) is -2.14. The standard InChI is InChI=1S/C17H18F2N2O2S/c1-20-10-11-21(16(12-20)13-6-3-2-4-7-13)24(22,23)17-14(18)8-5-9-15(17)19/h2-9,16H,10-12H2,1H3/t16-/m1/s1. The number of hydrogen-bond acceptors (Lipinski definition) is 3. The predicted molar refractivity (Wildman–Crippen MR) is 86.9 cm³/mol. The van der Waals surface area contributed by atoms with Crippen LogP contribution in [0.15, 0.2) is 53.4 Å². The molecule has 1 aliphatic heterocycles. The minimum Gasteiger partial charge on any atom is -0.303 e. The number of rotatable bonds is 3. The van der Waals surface area contributed by atoms with E-state index in [0.717, 1.165) is 23.8 Å². The molecule has 0 spiro atoms. The van der Waals surface area contributed by atoms with Crippen LogP contribution < -0.4 is 0 Å². The highest BCUT2D eigenvalue weighted by atomic mass is 32.2. The van der Waals surface area contributed by atoms with Crippen LogP contribution in [0.4, 0.5) is 8.78 Å². The smallest absolute Gasteiger partial charge is 0.249 e. The van der Waals surface area contributed by atoms with Gasteiger partial charge in [-0.25, -0.2) is 17.2 Å². The molecule has 128 valence electrons. The molecule has 2 aromatic rings. The number of nitrogens with zero attached hydrogens (tertiary/aromatic N) is 2. The second kappa shape index (κ2) is 6.58. The van der Waals surface area contributed by atoms with Gasteiger partial charge in [-0.2, -0.15) is 4.31 Å². The molecule has 1 aliphatic rings. The van der Waals surface area contributed by atoms with Crippen molar-refractivity contribution < 1.29 is 17.2 Å².